The van der Waals surface area contributed by atoms with Crippen LogP contribution in [0.15, 0.2) is 28.9 Å². The molecule has 0 saturated heterocycles. The molecule has 0 amide bonds. The zero-order valence-electron chi connectivity index (χ0n) is 6.94. The first-order valence-corrected chi connectivity index (χ1v) is 4.83. The van der Waals surface area contributed by atoms with E-state index < -0.39 is 0 Å². The van der Waals surface area contributed by atoms with Crippen molar-refractivity contribution in [3.63, 3.8) is 0 Å². The summed E-state index contributed by atoms with van der Waals surface area (Å²) in [6.45, 7) is 0.659. The molecule has 0 aliphatic carbocycles. The summed E-state index contributed by atoms with van der Waals surface area (Å²) in [5, 5.41) is 14.1. The maximum absolute atomic E-state index is 8.74. The summed E-state index contributed by atoms with van der Waals surface area (Å²) in [4.78, 5) is 0. The Morgan fingerprint density at radius 2 is 2.31 bits per heavy atom. The van der Waals surface area contributed by atoms with Crippen LogP contribution in [0.5, 0.6) is 0 Å². The van der Waals surface area contributed by atoms with E-state index in [-0.39, 0.29) is 6.61 Å². The van der Waals surface area contributed by atoms with Crippen molar-refractivity contribution in [3.05, 3.63) is 28.9 Å². The third kappa shape index (κ3) is 1.59. The minimum absolute atomic E-state index is 0.117. The second-order valence-corrected chi connectivity index (χ2v) is 3.64. The van der Waals surface area contributed by atoms with E-state index in [1.165, 1.54) is 0 Å². The van der Waals surface area contributed by atoms with Gasteiger partial charge in [0.2, 0.25) is 0 Å². The molecule has 0 unspecified atom stereocenters. The number of rotatable bonds is 2. The summed E-state index contributed by atoms with van der Waals surface area (Å²) in [5.41, 5.74) is 0.947. The van der Waals surface area contributed by atoms with E-state index in [0.29, 0.717) is 6.54 Å². The Labute approximate surface area is 84.1 Å². The molecule has 1 aromatic carbocycles. The summed E-state index contributed by atoms with van der Waals surface area (Å²) in [6.07, 6.45) is 1.93. The molecule has 0 radical (unpaired) electrons. The Kier molecular flexibility index (Phi) is 2.33. The molecule has 68 valence electrons. The predicted molar refractivity (Wildman–Crippen MR) is 54.5 cm³/mol. The Morgan fingerprint density at radius 1 is 1.46 bits per heavy atom. The highest BCUT2D eigenvalue weighted by molar-refractivity contribution is 9.10. The molecule has 0 spiro atoms. The van der Waals surface area contributed by atoms with E-state index in [0.717, 1.165) is 15.4 Å². The molecule has 0 bridgehead atoms. The van der Waals surface area contributed by atoms with Gasteiger partial charge in [-0.25, -0.2) is 0 Å². The maximum Gasteiger partial charge on any atom is 0.0934 e. The predicted octanol–water partition coefficient (Wildman–Crippen LogP) is 1.79. The van der Waals surface area contributed by atoms with Crippen LogP contribution < -0.4 is 0 Å². The van der Waals surface area contributed by atoms with Gasteiger partial charge in [0.05, 0.1) is 18.7 Å². The van der Waals surface area contributed by atoms with Crippen molar-refractivity contribution < 1.29 is 5.11 Å². The van der Waals surface area contributed by atoms with Crippen LogP contribution in [0.1, 0.15) is 0 Å². The fourth-order valence-corrected chi connectivity index (χ4v) is 1.73. The Hall–Kier alpha value is -0.870. The standard InChI is InChI=1S/C9H9BrN2O/c10-8-2-1-3-9-7(8)6-12(11-9)4-5-13/h1-3,6,13H,4-5H2. The molecule has 0 aliphatic rings. The molecule has 4 heteroatoms. The topological polar surface area (TPSA) is 38.0 Å². The second kappa shape index (κ2) is 3.47. The van der Waals surface area contributed by atoms with Crippen LogP contribution in [0.3, 0.4) is 0 Å². The molecule has 1 N–H and O–H groups in total. The van der Waals surface area contributed by atoms with Crippen molar-refractivity contribution in [1.29, 1.82) is 0 Å². The molecule has 2 aromatic rings. The van der Waals surface area contributed by atoms with E-state index in [4.69, 9.17) is 5.11 Å². The lowest BCUT2D eigenvalue weighted by Gasteiger charge is -1.93. The van der Waals surface area contributed by atoms with Gasteiger partial charge >= 0.3 is 0 Å². The lowest BCUT2D eigenvalue weighted by atomic mass is 10.3. The minimum Gasteiger partial charge on any atom is -0.394 e. The van der Waals surface area contributed by atoms with Crippen molar-refractivity contribution in [1.82, 2.24) is 9.78 Å². The smallest absolute Gasteiger partial charge is 0.0934 e. The molecule has 0 aliphatic heterocycles. The number of benzene rings is 1. The molecule has 3 nitrogen and oxygen atoms in total. The minimum atomic E-state index is 0.117. The van der Waals surface area contributed by atoms with Gasteiger partial charge in [0.25, 0.3) is 0 Å². The molecule has 0 saturated carbocycles. The van der Waals surface area contributed by atoms with Gasteiger partial charge in [-0.05, 0) is 12.1 Å². The van der Waals surface area contributed by atoms with Crippen LogP contribution in [0, 0.1) is 0 Å². The fraction of sp³-hybridized carbons (Fsp3) is 0.222. The molecular formula is C9H9BrN2O. The van der Waals surface area contributed by atoms with E-state index in [9.17, 15) is 0 Å². The van der Waals surface area contributed by atoms with E-state index in [1.54, 1.807) is 4.68 Å². The van der Waals surface area contributed by atoms with Gasteiger partial charge < -0.3 is 5.11 Å². The molecule has 0 atom stereocenters. The first-order valence-electron chi connectivity index (χ1n) is 4.04. The summed E-state index contributed by atoms with van der Waals surface area (Å²) < 4.78 is 2.78. The quantitative estimate of drug-likeness (QED) is 0.870. The molecular weight excluding hydrogens is 232 g/mol. The molecule has 13 heavy (non-hydrogen) atoms. The zero-order valence-corrected chi connectivity index (χ0v) is 8.53. The highest BCUT2D eigenvalue weighted by Crippen LogP contribution is 2.22. The average molecular weight is 241 g/mol. The number of halogens is 1. The summed E-state index contributed by atoms with van der Waals surface area (Å²) in [7, 11) is 0. The van der Waals surface area contributed by atoms with Crippen LogP contribution in [0.25, 0.3) is 10.9 Å². The van der Waals surface area contributed by atoms with Crippen molar-refractivity contribution in [2.75, 3.05) is 6.61 Å². The van der Waals surface area contributed by atoms with Gasteiger partial charge in [-0.15, -0.1) is 0 Å². The van der Waals surface area contributed by atoms with Gasteiger partial charge in [-0.2, -0.15) is 5.10 Å². The maximum atomic E-state index is 8.74. The van der Waals surface area contributed by atoms with Gasteiger partial charge in [0.1, 0.15) is 0 Å². The largest absolute Gasteiger partial charge is 0.394 e. The van der Waals surface area contributed by atoms with Crippen LogP contribution in [0.4, 0.5) is 0 Å². The van der Waals surface area contributed by atoms with Crippen molar-refractivity contribution in [3.8, 4) is 0 Å². The zero-order chi connectivity index (χ0) is 9.26. The van der Waals surface area contributed by atoms with Crippen molar-refractivity contribution in [2.45, 2.75) is 6.54 Å². The first-order chi connectivity index (χ1) is 6.31. The Morgan fingerprint density at radius 3 is 3.00 bits per heavy atom. The number of aliphatic hydroxyl groups excluding tert-OH is 1. The number of fused-ring (bicyclic) bond motifs is 1. The first kappa shape index (κ1) is 8.72. The average Bonchev–Trinajstić information content (AvgIpc) is 2.49. The van der Waals surface area contributed by atoms with Crippen LogP contribution in [-0.4, -0.2) is 21.5 Å². The Balaban J connectivity index is 2.55. The molecule has 1 aromatic heterocycles. The number of hydrogen-bond acceptors (Lipinski definition) is 2. The van der Waals surface area contributed by atoms with Crippen molar-refractivity contribution >= 4 is 26.8 Å². The van der Waals surface area contributed by atoms with Crippen LogP contribution >= 0.6 is 15.9 Å². The lowest BCUT2D eigenvalue weighted by Crippen LogP contribution is -2.01. The summed E-state index contributed by atoms with van der Waals surface area (Å²) in [6, 6.07) is 5.88. The third-order valence-corrected chi connectivity index (χ3v) is 2.56. The monoisotopic (exact) mass is 240 g/mol. The number of aliphatic hydroxyl groups is 1. The SMILES string of the molecule is OCCn1cc2c(Br)cccc2n1. The lowest BCUT2D eigenvalue weighted by molar-refractivity contribution is 0.270. The van der Waals surface area contributed by atoms with Gasteiger partial charge in [0.15, 0.2) is 0 Å². The van der Waals surface area contributed by atoms with Gasteiger partial charge in [-0.3, -0.25) is 4.68 Å². The number of hydrogen-bond donors (Lipinski definition) is 1. The fourth-order valence-electron chi connectivity index (χ4n) is 1.27. The van der Waals surface area contributed by atoms with Crippen molar-refractivity contribution in [2.24, 2.45) is 0 Å². The normalized spacial score (nSPS) is 10.9. The van der Waals surface area contributed by atoms with E-state index >= 15 is 0 Å². The summed E-state index contributed by atoms with van der Waals surface area (Å²) >= 11 is 3.45. The van der Waals surface area contributed by atoms with E-state index in [2.05, 4.69) is 21.0 Å². The second-order valence-electron chi connectivity index (χ2n) is 2.79. The highest BCUT2D eigenvalue weighted by Gasteiger charge is 2.02. The van der Waals surface area contributed by atoms with Gasteiger partial charge in [0, 0.05) is 16.1 Å². The van der Waals surface area contributed by atoms with Crippen LogP contribution in [-0.2, 0) is 6.54 Å². The number of aromatic nitrogens is 2. The van der Waals surface area contributed by atoms with Gasteiger partial charge in [-0.1, -0.05) is 22.0 Å². The summed E-state index contributed by atoms with van der Waals surface area (Å²) in [5.74, 6) is 0. The van der Waals surface area contributed by atoms with Crippen LogP contribution in [0.2, 0.25) is 0 Å². The highest BCUT2D eigenvalue weighted by atomic mass is 79.9. The molecule has 1 heterocycles. The van der Waals surface area contributed by atoms with E-state index in [1.807, 2.05) is 24.4 Å². The Bertz CT molecular complexity index is 424. The molecule has 0 fully saturated rings. The number of nitrogens with zero attached hydrogens (tertiary/aromatic N) is 2. The molecule has 2 rings (SSSR count). The third-order valence-electron chi connectivity index (χ3n) is 1.87.